The number of pyridine rings is 1. The van der Waals surface area contributed by atoms with E-state index in [4.69, 9.17) is 4.42 Å². The van der Waals surface area contributed by atoms with Crippen molar-refractivity contribution >= 4 is 22.8 Å². The van der Waals surface area contributed by atoms with Crippen molar-refractivity contribution in [2.75, 3.05) is 31.1 Å². The largest absolute Gasteiger partial charge is 0.440 e. The normalized spacial score (nSPS) is 28.6. The second-order valence-electron chi connectivity index (χ2n) is 7.29. The molecule has 2 aromatic rings. The summed E-state index contributed by atoms with van der Waals surface area (Å²) < 4.78 is 5.98. The Morgan fingerprint density at radius 1 is 1.28 bits per heavy atom. The van der Waals surface area contributed by atoms with Gasteiger partial charge >= 0.3 is 0 Å². The predicted octanol–water partition coefficient (Wildman–Crippen LogP) is 0.860. The number of furan rings is 1. The lowest BCUT2D eigenvalue weighted by Crippen LogP contribution is -2.43. The molecule has 2 bridgehead atoms. The van der Waals surface area contributed by atoms with Gasteiger partial charge in [0, 0.05) is 68.0 Å². The molecule has 25 heavy (non-hydrogen) atoms. The Kier molecular flexibility index (Phi) is 3.64. The van der Waals surface area contributed by atoms with Crippen LogP contribution in [0.25, 0.3) is 11.0 Å². The van der Waals surface area contributed by atoms with Crippen LogP contribution in [0.1, 0.15) is 29.8 Å². The standard InChI is InChI=1S/C18H23N5O2/c24-18(22-14-8-12-1-2-13(14)21-12)15-9-16-11(10-20-15)7-17(25-16)23-5-3-19-4-6-23/h7,9-10,12-14,19,21H,1-6,8H2,(H,22,24)/t12-,13+,14-/m1/s1. The SMILES string of the molecule is O=C(N[C@@H]1C[C@H]2CC[C@@H]1N2)c1cc2oc(N3CCNCC3)cc2cn1. The summed E-state index contributed by atoms with van der Waals surface area (Å²) in [4.78, 5) is 19.1. The predicted molar refractivity (Wildman–Crippen MR) is 94.9 cm³/mol. The van der Waals surface area contributed by atoms with Crippen LogP contribution >= 0.6 is 0 Å². The van der Waals surface area contributed by atoms with Gasteiger partial charge in [0.1, 0.15) is 11.3 Å². The van der Waals surface area contributed by atoms with Crippen molar-refractivity contribution in [3.63, 3.8) is 0 Å². The lowest BCUT2D eigenvalue weighted by molar-refractivity contribution is 0.0926. The van der Waals surface area contributed by atoms with Crippen LogP contribution in [0.2, 0.25) is 0 Å². The third kappa shape index (κ3) is 2.77. The van der Waals surface area contributed by atoms with Crippen LogP contribution in [0, 0.1) is 0 Å². The molecule has 0 radical (unpaired) electrons. The van der Waals surface area contributed by atoms with Crippen LogP contribution in [0.15, 0.2) is 22.7 Å². The molecule has 0 spiro atoms. The zero-order valence-electron chi connectivity index (χ0n) is 14.1. The molecule has 7 nitrogen and oxygen atoms in total. The molecule has 3 aliphatic rings. The third-order valence-electron chi connectivity index (χ3n) is 5.67. The van der Waals surface area contributed by atoms with E-state index in [-0.39, 0.29) is 11.9 Å². The Bertz CT molecular complexity index is 798. The van der Waals surface area contributed by atoms with Gasteiger partial charge in [-0.25, -0.2) is 0 Å². The van der Waals surface area contributed by atoms with E-state index in [0.29, 0.717) is 17.8 Å². The summed E-state index contributed by atoms with van der Waals surface area (Å²) in [6.07, 6.45) is 5.13. The maximum Gasteiger partial charge on any atom is 0.270 e. The van der Waals surface area contributed by atoms with Gasteiger partial charge in [-0.1, -0.05) is 0 Å². The number of amides is 1. The van der Waals surface area contributed by atoms with E-state index in [9.17, 15) is 4.79 Å². The first-order valence-corrected chi connectivity index (χ1v) is 9.18. The van der Waals surface area contributed by atoms with Crippen LogP contribution in [0.3, 0.4) is 0 Å². The van der Waals surface area contributed by atoms with Crippen LogP contribution < -0.4 is 20.9 Å². The number of nitrogens with one attached hydrogen (secondary N) is 3. The van der Waals surface area contributed by atoms with E-state index < -0.39 is 0 Å². The Hall–Kier alpha value is -2.12. The number of hydrogen-bond donors (Lipinski definition) is 3. The topological polar surface area (TPSA) is 82.4 Å². The number of nitrogens with zero attached hydrogens (tertiary/aromatic N) is 2. The number of piperazine rings is 1. The Labute approximate surface area is 146 Å². The monoisotopic (exact) mass is 341 g/mol. The minimum absolute atomic E-state index is 0.110. The Morgan fingerprint density at radius 3 is 2.92 bits per heavy atom. The zero-order valence-corrected chi connectivity index (χ0v) is 14.1. The van der Waals surface area contributed by atoms with Crippen LogP contribution in [0.4, 0.5) is 5.88 Å². The highest BCUT2D eigenvalue weighted by atomic mass is 16.4. The molecular formula is C18H23N5O2. The maximum absolute atomic E-state index is 12.6. The van der Waals surface area contributed by atoms with Crippen LogP contribution in [0.5, 0.6) is 0 Å². The Balaban J connectivity index is 1.34. The molecule has 3 fully saturated rings. The highest BCUT2D eigenvalue weighted by molar-refractivity contribution is 5.96. The number of rotatable bonds is 3. The molecule has 3 N–H and O–H groups in total. The summed E-state index contributed by atoms with van der Waals surface area (Å²) in [5.41, 5.74) is 1.15. The van der Waals surface area contributed by atoms with E-state index in [2.05, 4.69) is 25.8 Å². The fraction of sp³-hybridized carbons (Fsp3) is 0.556. The minimum atomic E-state index is -0.110. The van der Waals surface area contributed by atoms with Gasteiger partial charge in [-0.15, -0.1) is 0 Å². The molecule has 3 atom stereocenters. The molecule has 0 aliphatic carbocycles. The molecule has 3 aliphatic heterocycles. The lowest BCUT2D eigenvalue weighted by Gasteiger charge is -2.26. The van der Waals surface area contributed by atoms with Crippen molar-refractivity contribution in [2.45, 2.75) is 37.4 Å². The van der Waals surface area contributed by atoms with Crippen molar-refractivity contribution in [1.29, 1.82) is 0 Å². The third-order valence-corrected chi connectivity index (χ3v) is 5.67. The molecular weight excluding hydrogens is 318 g/mol. The van der Waals surface area contributed by atoms with Crippen LogP contribution in [-0.4, -0.2) is 55.2 Å². The van der Waals surface area contributed by atoms with Gasteiger partial charge in [-0.2, -0.15) is 0 Å². The number of carbonyl (C=O) groups is 1. The molecule has 5 rings (SSSR count). The summed E-state index contributed by atoms with van der Waals surface area (Å²) in [6.45, 7) is 3.77. The van der Waals surface area contributed by atoms with Gasteiger partial charge in [0.2, 0.25) is 0 Å². The fourth-order valence-electron chi connectivity index (χ4n) is 4.31. The molecule has 3 saturated heterocycles. The molecule has 2 aromatic heterocycles. The molecule has 0 aromatic carbocycles. The average Bonchev–Trinajstić information content (AvgIpc) is 3.36. The van der Waals surface area contributed by atoms with Crippen molar-refractivity contribution in [3.8, 4) is 0 Å². The van der Waals surface area contributed by atoms with E-state index in [1.54, 1.807) is 12.3 Å². The molecule has 132 valence electrons. The molecule has 1 amide bonds. The van der Waals surface area contributed by atoms with E-state index in [1.165, 1.54) is 6.42 Å². The van der Waals surface area contributed by atoms with Crippen molar-refractivity contribution in [2.24, 2.45) is 0 Å². The number of aromatic nitrogens is 1. The number of anilines is 1. The van der Waals surface area contributed by atoms with E-state index in [0.717, 1.165) is 55.9 Å². The number of fused-ring (bicyclic) bond motifs is 3. The summed E-state index contributed by atoms with van der Waals surface area (Å²) in [7, 11) is 0. The quantitative estimate of drug-likeness (QED) is 0.768. The molecule has 5 heterocycles. The van der Waals surface area contributed by atoms with Crippen molar-refractivity contribution in [1.82, 2.24) is 20.9 Å². The van der Waals surface area contributed by atoms with Gasteiger partial charge in [0.15, 0.2) is 5.88 Å². The number of hydrogen-bond acceptors (Lipinski definition) is 6. The van der Waals surface area contributed by atoms with E-state index >= 15 is 0 Å². The summed E-state index contributed by atoms with van der Waals surface area (Å²) >= 11 is 0. The molecule has 7 heteroatoms. The first-order chi connectivity index (χ1) is 12.3. The zero-order chi connectivity index (χ0) is 16.8. The lowest BCUT2D eigenvalue weighted by atomic mass is 9.95. The van der Waals surface area contributed by atoms with Gasteiger partial charge in [-0.05, 0) is 19.3 Å². The van der Waals surface area contributed by atoms with Crippen molar-refractivity contribution in [3.05, 3.63) is 24.0 Å². The van der Waals surface area contributed by atoms with Gasteiger partial charge in [0.05, 0.1) is 0 Å². The summed E-state index contributed by atoms with van der Waals surface area (Å²) in [5.74, 6) is 0.745. The minimum Gasteiger partial charge on any atom is -0.440 e. The average molecular weight is 341 g/mol. The van der Waals surface area contributed by atoms with Crippen LogP contribution in [-0.2, 0) is 0 Å². The van der Waals surface area contributed by atoms with Gasteiger partial charge in [-0.3, -0.25) is 9.78 Å². The van der Waals surface area contributed by atoms with Crippen molar-refractivity contribution < 1.29 is 9.21 Å². The Morgan fingerprint density at radius 2 is 2.16 bits per heavy atom. The fourth-order valence-corrected chi connectivity index (χ4v) is 4.31. The second-order valence-corrected chi connectivity index (χ2v) is 7.29. The molecule has 0 unspecified atom stereocenters. The summed E-state index contributed by atoms with van der Waals surface area (Å²) in [6, 6.07) is 4.97. The first kappa shape index (κ1) is 15.2. The van der Waals surface area contributed by atoms with E-state index in [1.807, 2.05) is 6.07 Å². The highest BCUT2D eigenvalue weighted by Gasteiger charge is 2.39. The van der Waals surface area contributed by atoms with Gasteiger partial charge < -0.3 is 25.3 Å². The second kappa shape index (κ2) is 6.00. The van der Waals surface area contributed by atoms with Gasteiger partial charge in [0.25, 0.3) is 5.91 Å². The number of carbonyl (C=O) groups excluding carboxylic acids is 1. The highest BCUT2D eigenvalue weighted by Crippen LogP contribution is 2.29. The first-order valence-electron chi connectivity index (χ1n) is 9.18. The molecule has 0 saturated carbocycles. The smallest absolute Gasteiger partial charge is 0.270 e. The maximum atomic E-state index is 12.6. The summed E-state index contributed by atoms with van der Waals surface area (Å²) in [5, 5.41) is 10.9.